The summed E-state index contributed by atoms with van der Waals surface area (Å²) in [5.74, 6) is 1.61. The maximum atomic E-state index is 6.21. The van der Waals surface area contributed by atoms with Crippen molar-refractivity contribution in [3.63, 3.8) is 0 Å². The second-order valence-electron chi connectivity index (χ2n) is 5.93. The summed E-state index contributed by atoms with van der Waals surface area (Å²) in [6.45, 7) is 6.50. The maximum absolute atomic E-state index is 6.21. The quantitative estimate of drug-likeness (QED) is 0.561. The van der Waals surface area contributed by atoms with E-state index in [1.807, 2.05) is 24.3 Å². The van der Waals surface area contributed by atoms with Crippen molar-refractivity contribution in [2.24, 2.45) is 0 Å². The number of benzene rings is 1. The summed E-state index contributed by atoms with van der Waals surface area (Å²) in [5.41, 5.74) is 0. The molecule has 0 saturated carbocycles. The van der Waals surface area contributed by atoms with E-state index in [1.54, 1.807) is 7.11 Å². The van der Waals surface area contributed by atoms with E-state index in [2.05, 4.69) is 17.1 Å². The third-order valence-electron chi connectivity index (χ3n) is 4.11. The molecule has 0 bridgehead atoms. The predicted octanol–water partition coefficient (Wildman–Crippen LogP) is 3.28. The molecule has 1 saturated heterocycles. The topological polar surface area (TPSA) is 33.7 Å². The second kappa shape index (κ2) is 9.70. The Morgan fingerprint density at radius 2 is 1.86 bits per heavy atom. The summed E-state index contributed by atoms with van der Waals surface area (Å²) in [6.07, 6.45) is 6.34. The lowest BCUT2D eigenvalue weighted by atomic mass is 10.1. The number of rotatable bonds is 9. The molecule has 1 aromatic carbocycles. The first-order valence-corrected chi connectivity index (χ1v) is 8.59. The molecule has 4 heteroatoms. The standard InChI is InChI=1S/C18H30N2O2/c1-3-4-12-19-18(15-20-13-8-5-9-14-20)22-17-11-7-6-10-16(17)21-2/h6-7,10-11,18-19H,3-5,8-9,12-15H2,1-2H3/t18-/m1/s1. The summed E-state index contributed by atoms with van der Waals surface area (Å²) in [7, 11) is 1.69. The molecule has 0 amide bonds. The normalized spacial score (nSPS) is 17.2. The number of hydrogen-bond acceptors (Lipinski definition) is 4. The Balaban J connectivity index is 1.96. The minimum Gasteiger partial charge on any atom is -0.493 e. The van der Waals surface area contributed by atoms with Crippen LogP contribution in [0.25, 0.3) is 0 Å². The first-order chi connectivity index (χ1) is 10.8. The average molecular weight is 306 g/mol. The van der Waals surface area contributed by atoms with E-state index in [-0.39, 0.29) is 6.23 Å². The van der Waals surface area contributed by atoms with Gasteiger partial charge in [-0.1, -0.05) is 31.9 Å². The minimum atomic E-state index is 0.0148. The van der Waals surface area contributed by atoms with Gasteiger partial charge >= 0.3 is 0 Å². The monoisotopic (exact) mass is 306 g/mol. The molecule has 0 unspecified atom stereocenters. The van der Waals surface area contributed by atoms with Gasteiger partial charge in [-0.2, -0.15) is 0 Å². The van der Waals surface area contributed by atoms with Crippen molar-refractivity contribution in [3.8, 4) is 11.5 Å². The molecular weight excluding hydrogens is 276 g/mol. The smallest absolute Gasteiger partial charge is 0.163 e. The van der Waals surface area contributed by atoms with E-state index in [9.17, 15) is 0 Å². The number of piperidine rings is 1. The first-order valence-electron chi connectivity index (χ1n) is 8.59. The van der Waals surface area contributed by atoms with Gasteiger partial charge < -0.3 is 9.47 Å². The molecule has 0 spiro atoms. The molecule has 1 aliphatic rings. The van der Waals surface area contributed by atoms with Crippen LogP contribution in [0, 0.1) is 0 Å². The Hall–Kier alpha value is -1.26. The zero-order chi connectivity index (χ0) is 15.6. The van der Waals surface area contributed by atoms with Crippen molar-refractivity contribution >= 4 is 0 Å². The molecular formula is C18H30N2O2. The fraction of sp³-hybridized carbons (Fsp3) is 0.667. The Morgan fingerprint density at radius 1 is 1.14 bits per heavy atom. The molecule has 1 aliphatic heterocycles. The first kappa shape index (κ1) is 17.1. The van der Waals surface area contributed by atoms with Gasteiger partial charge in [0.2, 0.25) is 0 Å². The van der Waals surface area contributed by atoms with Crippen molar-refractivity contribution in [1.29, 1.82) is 0 Å². The molecule has 1 heterocycles. The summed E-state index contributed by atoms with van der Waals surface area (Å²) >= 11 is 0. The zero-order valence-electron chi connectivity index (χ0n) is 14.0. The fourth-order valence-electron chi connectivity index (χ4n) is 2.83. The summed E-state index contributed by atoms with van der Waals surface area (Å²) in [6, 6.07) is 7.88. The molecule has 124 valence electrons. The van der Waals surface area contributed by atoms with Crippen molar-refractivity contribution < 1.29 is 9.47 Å². The molecule has 1 N–H and O–H groups in total. The van der Waals surface area contributed by atoms with Crippen LogP contribution in [0.2, 0.25) is 0 Å². The lowest BCUT2D eigenvalue weighted by Crippen LogP contribution is -2.46. The van der Waals surface area contributed by atoms with Gasteiger partial charge in [0.15, 0.2) is 17.7 Å². The number of nitrogens with one attached hydrogen (secondary N) is 1. The third-order valence-corrected chi connectivity index (χ3v) is 4.11. The molecule has 0 aromatic heterocycles. The summed E-state index contributed by atoms with van der Waals surface area (Å²) in [4.78, 5) is 2.50. The molecule has 2 rings (SSSR count). The largest absolute Gasteiger partial charge is 0.493 e. The van der Waals surface area contributed by atoms with Gasteiger partial charge in [-0.05, 0) is 51.0 Å². The number of unbranched alkanes of at least 4 members (excludes halogenated alkanes) is 1. The summed E-state index contributed by atoms with van der Waals surface area (Å²) in [5, 5.41) is 3.55. The molecule has 0 aliphatic carbocycles. The number of ether oxygens (including phenoxy) is 2. The van der Waals surface area contributed by atoms with Crippen LogP contribution in [0.3, 0.4) is 0 Å². The lowest BCUT2D eigenvalue weighted by Gasteiger charge is -2.31. The second-order valence-corrected chi connectivity index (χ2v) is 5.93. The number of methoxy groups -OCH3 is 1. The number of likely N-dealkylation sites (tertiary alicyclic amines) is 1. The zero-order valence-corrected chi connectivity index (χ0v) is 14.0. The van der Waals surface area contributed by atoms with Crippen LogP contribution in [0.5, 0.6) is 11.5 Å². The van der Waals surface area contributed by atoms with Crippen LogP contribution in [-0.4, -0.2) is 44.4 Å². The van der Waals surface area contributed by atoms with Crippen LogP contribution in [-0.2, 0) is 0 Å². The van der Waals surface area contributed by atoms with Gasteiger partial charge in [-0.3, -0.25) is 10.2 Å². The highest BCUT2D eigenvalue weighted by molar-refractivity contribution is 5.39. The van der Waals surface area contributed by atoms with Gasteiger partial charge in [-0.25, -0.2) is 0 Å². The lowest BCUT2D eigenvalue weighted by molar-refractivity contribution is 0.0922. The van der Waals surface area contributed by atoms with Crippen molar-refractivity contribution in [2.45, 2.75) is 45.3 Å². The van der Waals surface area contributed by atoms with E-state index in [0.29, 0.717) is 0 Å². The molecule has 22 heavy (non-hydrogen) atoms. The summed E-state index contributed by atoms with van der Waals surface area (Å²) < 4.78 is 11.6. The SMILES string of the molecule is CCCCN[C@@H](CN1CCCCC1)Oc1ccccc1OC. The van der Waals surface area contributed by atoms with E-state index >= 15 is 0 Å². The van der Waals surface area contributed by atoms with Crippen LogP contribution >= 0.6 is 0 Å². The van der Waals surface area contributed by atoms with Crippen LogP contribution in [0.1, 0.15) is 39.0 Å². The van der Waals surface area contributed by atoms with E-state index in [0.717, 1.165) is 24.6 Å². The Bertz CT molecular complexity index is 419. The van der Waals surface area contributed by atoms with Gasteiger partial charge in [0.05, 0.1) is 7.11 Å². The Labute approximate surface area is 134 Å². The molecule has 1 atom stereocenters. The van der Waals surface area contributed by atoms with Crippen LogP contribution in [0.15, 0.2) is 24.3 Å². The number of hydrogen-bond donors (Lipinski definition) is 1. The third kappa shape index (κ3) is 5.50. The minimum absolute atomic E-state index is 0.0148. The van der Waals surface area contributed by atoms with Gasteiger partial charge in [0.25, 0.3) is 0 Å². The highest BCUT2D eigenvalue weighted by Crippen LogP contribution is 2.26. The average Bonchev–Trinajstić information content (AvgIpc) is 2.56. The molecule has 1 aromatic rings. The number of nitrogens with zero attached hydrogens (tertiary/aromatic N) is 1. The Kier molecular flexibility index (Phi) is 7.54. The van der Waals surface area contributed by atoms with Gasteiger partial charge in [0.1, 0.15) is 0 Å². The maximum Gasteiger partial charge on any atom is 0.163 e. The fourth-order valence-corrected chi connectivity index (χ4v) is 2.83. The predicted molar refractivity (Wildman–Crippen MR) is 90.6 cm³/mol. The molecule has 1 fully saturated rings. The van der Waals surface area contributed by atoms with Gasteiger partial charge in [0, 0.05) is 6.54 Å². The van der Waals surface area contributed by atoms with Crippen LogP contribution < -0.4 is 14.8 Å². The highest BCUT2D eigenvalue weighted by atomic mass is 16.5. The molecule has 0 radical (unpaired) electrons. The van der Waals surface area contributed by atoms with E-state index < -0.39 is 0 Å². The van der Waals surface area contributed by atoms with E-state index in [4.69, 9.17) is 9.47 Å². The highest BCUT2D eigenvalue weighted by Gasteiger charge is 2.18. The molecule has 4 nitrogen and oxygen atoms in total. The van der Waals surface area contributed by atoms with Crippen LogP contribution in [0.4, 0.5) is 0 Å². The van der Waals surface area contributed by atoms with Crippen molar-refractivity contribution in [3.05, 3.63) is 24.3 Å². The number of para-hydroxylation sites is 2. The van der Waals surface area contributed by atoms with Crippen molar-refractivity contribution in [2.75, 3.05) is 33.3 Å². The Morgan fingerprint density at radius 3 is 2.55 bits per heavy atom. The van der Waals surface area contributed by atoms with Crippen molar-refractivity contribution in [1.82, 2.24) is 10.2 Å². The van der Waals surface area contributed by atoms with E-state index in [1.165, 1.54) is 45.2 Å². The van der Waals surface area contributed by atoms with Gasteiger partial charge in [-0.15, -0.1) is 0 Å².